The van der Waals surface area contributed by atoms with Crippen molar-refractivity contribution in [1.29, 1.82) is 0 Å². The normalized spacial score (nSPS) is 12.1. The van der Waals surface area contributed by atoms with Crippen LogP contribution >= 0.6 is 11.8 Å². The van der Waals surface area contributed by atoms with Crippen LogP contribution in [0.2, 0.25) is 0 Å². The Hall–Kier alpha value is -1.28. The third kappa shape index (κ3) is 6.65. The molecular weight excluding hydrogens is 300 g/mol. The van der Waals surface area contributed by atoms with Gasteiger partial charge in [0.05, 0.1) is 6.61 Å². The lowest BCUT2D eigenvalue weighted by Crippen LogP contribution is -2.34. The Kier molecular flexibility index (Phi) is 8.91. The average Bonchev–Trinajstić information content (AvgIpc) is 2.85. The molecule has 1 heterocycles. The number of aryl methyl sites for hydroxylation is 1. The summed E-state index contributed by atoms with van der Waals surface area (Å²) in [6, 6.07) is 0. The number of nitrogens with one attached hydrogen (secondary N) is 1. The van der Waals surface area contributed by atoms with Gasteiger partial charge in [0, 0.05) is 33.2 Å². The van der Waals surface area contributed by atoms with Gasteiger partial charge in [-0.1, -0.05) is 25.6 Å². The van der Waals surface area contributed by atoms with Crippen LogP contribution in [-0.2, 0) is 17.7 Å². The van der Waals surface area contributed by atoms with Crippen molar-refractivity contribution >= 4 is 17.7 Å². The minimum Gasteiger partial charge on any atom is -0.383 e. The summed E-state index contributed by atoms with van der Waals surface area (Å²) in [5, 5.41) is 12.5. The van der Waals surface area contributed by atoms with Crippen molar-refractivity contribution in [2.75, 3.05) is 33.1 Å². The van der Waals surface area contributed by atoms with Crippen molar-refractivity contribution in [3.63, 3.8) is 0 Å². The number of aliphatic imine (C=N–C) groups is 1. The molecular formula is C14H28N6OS. The van der Waals surface area contributed by atoms with Crippen LogP contribution in [0.15, 0.2) is 10.1 Å². The SMILES string of the molecule is COCCNC(N)=NCCCc1nnc(SC)n1CC(C)C. The van der Waals surface area contributed by atoms with Crippen LogP contribution < -0.4 is 11.1 Å². The van der Waals surface area contributed by atoms with Gasteiger partial charge in [0.25, 0.3) is 0 Å². The van der Waals surface area contributed by atoms with E-state index in [1.807, 2.05) is 6.26 Å². The van der Waals surface area contributed by atoms with Gasteiger partial charge in [-0.2, -0.15) is 0 Å². The van der Waals surface area contributed by atoms with E-state index in [1.165, 1.54) is 0 Å². The predicted octanol–water partition coefficient (Wildman–Crippen LogP) is 1.14. The summed E-state index contributed by atoms with van der Waals surface area (Å²) in [7, 11) is 1.66. The third-order valence-electron chi connectivity index (χ3n) is 2.98. The van der Waals surface area contributed by atoms with Crippen molar-refractivity contribution in [2.24, 2.45) is 16.6 Å². The van der Waals surface area contributed by atoms with E-state index in [1.54, 1.807) is 18.9 Å². The largest absolute Gasteiger partial charge is 0.383 e. The summed E-state index contributed by atoms with van der Waals surface area (Å²) in [5.74, 6) is 2.06. The highest BCUT2D eigenvalue weighted by Crippen LogP contribution is 2.16. The first-order chi connectivity index (χ1) is 10.6. The molecule has 1 aromatic rings. The highest BCUT2D eigenvalue weighted by molar-refractivity contribution is 7.98. The van der Waals surface area contributed by atoms with Crippen molar-refractivity contribution in [3.05, 3.63) is 5.82 Å². The van der Waals surface area contributed by atoms with Gasteiger partial charge in [-0.15, -0.1) is 10.2 Å². The fourth-order valence-electron chi connectivity index (χ4n) is 1.98. The molecule has 0 amide bonds. The van der Waals surface area contributed by atoms with Gasteiger partial charge in [0.2, 0.25) is 0 Å². The first-order valence-corrected chi connectivity index (χ1v) is 8.79. The molecule has 0 saturated heterocycles. The molecule has 0 bridgehead atoms. The van der Waals surface area contributed by atoms with E-state index in [4.69, 9.17) is 10.5 Å². The number of hydrogen-bond acceptors (Lipinski definition) is 5. The number of rotatable bonds is 10. The maximum Gasteiger partial charge on any atom is 0.190 e. The molecule has 3 N–H and O–H groups in total. The maximum atomic E-state index is 5.76. The molecule has 0 fully saturated rings. The molecule has 22 heavy (non-hydrogen) atoms. The predicted molar refractivity (Wildman–Crippen MR) is 91.3 cm³/mol. The summed E-state index contributed by atoms with van der Waals surface area (Å²) in [6.45, 7) is 7.31. The number of thioether (sulfide) groups is 1. The zero-order chi connectivity index (χ0) is 16.4. The molecule has 126 valence electrons. The zero-order valence-corrected chi connectivity index (χ0v) is 14.8. The number of nitrogens with two attached hydrogens (primary N) is 1. The zero-order valence-electron chi connectivity index (χ0n) is 14.0. The minimum absolute atomic E-state index is 0.463. The number of ether oxygens (including phenoxy) is 1. The van der Waals surface area contributed by atoms with Crippen molar-refractivity contribution in [1.82, 2.24) is 20.1 Å². The lowest BCUT2D eigenvalue weighted by atomic mass is 10.2. The summed E-state index contributed by atoms with van der Waals surface area (Å²) < 4.78 is 7.15. The van der Waals surface area contributed by atoms with Gasteiger partial charge >= 0.3 is 0 Å². The van der Waals surface area contributed by atoms with E-state index in [9.17, 15) is 0 Å². The molecule has 1 rings (SSSR count). The van der Waals surface area contributed by atoms with E-state index in [-0.39, 0.29) is 0 Å². The van der Waals surface area contributed by atoms with E-state index in [0.29, 0.717) is 31.6 Å². The Morgan fingerprint density at radius 3 is 2.86 bits per heavy atom. The summed E-state index contributed by atoms with van der Waals surface area (Å²) in [4.78, 5) is 4.29. The van der Waals surface area contributed by atoms with Gasteiger partial charge < -0.3 is 20.4 Å². The molecule has 0 saturated carbocycles. The molecule has 0 aliphatic carbocycles. The van der Waals surface area contributed by atoms with E-state index < -0.39 is 0 Å². The monoisotopic (exact) mass is 328 g/mol. The fraction of sp³-hybridized carbons (Fsp3) is 0.786. The molecule has 0 aliphatic heterocycles. The molecule has 8 heteroatoms. The van der Waals surface area contributed by atoms with E-state index in [0.717, 1.165) is 30.4 Å². The van der Waals surface area contributed by atoms with Crippen LogP contribution in [0.4, 0.5) is 0 Å². The van der Waals surface area contributed by atoms with Gasteiger partial charge in [-0.3, -0.25) is 4.99 Å². The quantitative estimate of drug-likeness (QED) is 0.290. The Balaban J connectivity index is 2.44. The highest BCUT2D eigenvalue weighted by Gasteiger charge is 2.12. The fourth-order valence-corrected chi connectivity index (χ4v) is 2.50. The Bertz CT molecular complexity index is 460. The second-order valence-corrected chi connectivity index (χ2v) is 6.17. The molecule has 1 aromatic heterocycles. The number of nitrogens with zero attached hydrogens (tertiary/aromatic N) is 4. The molecule has 0 aromatic carbocycles. The highest BCUT2D eigenvalue weighted by atomic mass is 32.2. The lowest BCUT2D eigenvalue weighted by Gasteiger charge is -2.11. The summed E-state index contributed by atoms with van der Waals surface area (Å²) in [6.07, 6.45) is 3.79. The first kappa shape index (κ1) is 18.8. The van der Waals surface area contributed by atoms with E-state index >= 15 is 0 Å². The molecule has 0 aliphatic rings. The molecule has 7 nitrogen and oxygen atoms in total. The van der Waals surface area contributed by atoms with E-state index in [2.05, 4.69) is 38.9 Å². The lowest BCUT2D eigenvalue weighted by molar-refractivity contribution is 0.204. The standard InChI is InChI=1S/C14H28N6OS/c1-11(2)10-20-12(18-19-14(20)22-4)6-5-7-16-13(15)17-8-9-21-3/h11H,5-10H2,1-4H3,(H3,15,16,17). The first-order valence-electron chi connectivity index (χ1n) is 7.57. The van der Waals surface area contributed by atoms with Crippen molar-refractivity contribution in [2.45, 2.75) is 38.4 Å². The molecule has 0 spiro atoms. The summed E-state index contributed by atoms with van der Waals surface area (Å²) >= 11 is 1.63. The maximum absolute atomic E-state index is 5.76. The van der Waals surface area contributed by atoms with Crippen LogP contribution in [0.3, 0.4) is 0 Å². The molecule has 0 unspecified atom stereocenters. The van der Waals surface area contributed by atoms with Gasteiger partial charge in [-0.05, 0) is 18.6 Å². The third-order valence-corrected chi connectivity index (χ3v) is 3.64. The number of guanidine groups is 1. The molecule has 0 atom stereocenters. The average molecular weight is 328 g/mol. The Morgan fingerprint density at radius 2 is 2.23 bits per heavy atom. The minimum atomic E-state index is 0.463. The second kappa shape index (κ2) is 10.4. The smallest absolute Gasteiger partial charge is 0.190 e. The topological polar surface area (TPSA) is 90.3 Å². The number of hydrogen-bond donors (Lipinski definition) is 2. The van der Waals surface area contributed by atoms with Gasteiger partial charge in [0.15, 0.2) is 11.1 Å². The van der Waals surface area contributed by atoms with Crippen molar-refractivity contribution in [3.8, 4) is 0 Å². The second-order valence-electron chi connectivity index (χ2n) is 5.40. The number of methoxy groups -OCH3 is 1. The van der Waals surface area contributed by atoms with Crippen molar-refractivity contribution < 1.29 is 4.74 Å². The summed E-state index contributed by atoms with van der Waals surface area (Å²) in [5.41, 5.74) is 5.76. The Morgan fingerprint density at radius 1 is 1.45 bits per heavy atom. The number of aromatic nitrogens is 3. The van der Waals surface area contributed by atoms with Crippen LogP contribution in [0.5, 0.6) is 0 Å². The van der Waals surface area contributed by atoms with Gasteiger partial charge in [-0.25, -0.2) is 0 Å². The van der Waals surface area contributed by atoms with Crippen LogP contribution in [0.1, 0.15) is 26.1 Å². The van der Waals surface area contributed by atoms with Crippen LogP contribution in [0, 0.1) is 5.92 Å². The van der Waals surface area contributed by atoms with Gasteiger partial charge in [0.1, 0.15) is 5.82 Å². The van der Waals surface area contributed by atoms with Crippen LogP contribution in [-0.4, -0.2) is 53.8 Å². The molecule has 0 radical (unpaired) electrons. The van der Waals surface area contributed by atoms with Crippen LogP contribution in [0.25, 0.3) is 0 Å². The Labute approximate surface area is 137 Å².